The molecule has 64 heavy (non-hydrogen) atoms. The Morgan fingerprint density at radius 1 is 0.828 bits per heavy atom. The molecule has 11 atom stereocenters. The summed E-state index contributed by atoms with van der Waals surface area (Å²) in [6.07, 6.45) is -11.2. The summed E-state index contributed by atoms with van der Waals surface area (Å²) in [6.45, 7) is 9.46. The highest BCUT2D eigenvalue weighted by Gasteiger charge is 2.75. The zero-order chi connectivity index (χ0) is 47.1. The molecule has 3 aromatic rings. The Hall–Kier alpha value is -5.94. The van der Waals surface area contributed by atoms with Gasteiger partial charge in [0, 0.05) is 44.8 Å². The van der Waals surface area contributed by atoms with Crippen molar-refractivity contribution in [2.24, 2.45) is 16.7 Å². The van der Waals surface area contributed by atoms with E-state index in [1.807, 2.05) is 0 Å². The van der Waals surface area contributed by atoms with Crippen LogP contribution in [0.4, 0.5) is 0 Å². The number of aromatic hydroxyl groups is 1. The average molecular weight is 886 g/mol. The predicted octanol–water partition coefficient (Wildman–Crippen LogP) is 4.08. The number of carbonyl (C=O) groups excluding carboxylic acids is 6. The molecule has 0 unspecified atom stereocenters. The zero-order valence-corrected chi connectivity index (χ0v) is 36.9. The van der Waals surface area contributed by atoms with Gasteiger partial charge in [-0.15, -0.1) is 0 Å². The number of amides is 1. The first-order chi connectivity index (χ1) is 30.0. The fraction of sp³-hybridized carbons (Fsp3) is 0.458. The van der Waals surface area contributed by atoms with Gasteiger partial charge in [-0.3, -0.25) is 19.2 Å². The summed E-state index contributed by atoms with van der Waals surface area (Å²) in [5.41, 5.74) is -7.92. The van der Waals surface area contributed by atoms with Crippen molar-refractivity contribution in [2.45, 2.75) is 115 Å². The lowest BCUT2D eigenvalue weighted by atomic mass is 9.45. The molecule has 1 amide bonds. The minimum absolute atomic E-state index is 0.0564. The van der Waals surface area contributed by atoms with Crippen LogP contribution >= 0.6 is 0 Å². The summed E-state index contributed by atoms with van der Waals surface area (Å²) in [6, 6.07) is 20.1. The zero-order valence-electron chi connectivity index (χ0n) is 36.9. The maximum atomic E-state index is 15.6. The molecule has 2 saturated carbocycles. The number of hydrogen-bond acceptors (Lipinski definition) is 15. The first-order valence-electron chi connectivity index (χ1n) is 20.9. The molecule has 0 aliphatic heterocycles. The van der Waals surface area contributed by atoms with E-state index in [0.29, 0.717) is 5.56 Å². The van der Waals surface area contributed by atoms with E-state index in [1.165, 1.54) is 59.9 Å². The Labute approximate surface area is 370 Å². The van der Waals surface area contributed by atoms with Gasteiger partial charge in [0.15, 0.2) is 18.0 Å². The molecule has 0 radical (unpaired) electrons. The number of esters is 4. The number of benzene rings is 3. The fourth-order valence-electron chi connectivity index (χ4n) is 10.2. The molecule has 3 aliphatic rings. The van der Waals surface area contributed by atoms with E-state index < -0.39 is 113 Å². The molecule has 3 aliphatic carbocycles. The minimum Gasteiger partial charge on any atom is -0.508 e. The van der Waals surface area contributed by atoms with Crippen LogP contribution in [0.2, 0.25) is 0 Å². The molecule has 16 heteroatoms. The van der Waals surface area contributed by atoms with E-state index in [0.717, 1.165) is 19.9 Å². The molecule has 342 valence electrons. The lowest BCUT2D eigenvalue weighted by molar-refractivity contribution is -0.282. The van der Waals surface area contributed by atoms with Crippen LogP contribution in [0.25, 0.3) is 0 Å². The number of nitrogens with one attached hydrogen (secondary N) is 1. The lowest BCUT2D eigenvalue weighted by Gasteiger charge is -2.64. The highest BCUT2D eigenvalue weighted by atomic mass is 16.6. The number of ether oxygens (including phenoxy) is 5. The van der Waals surface area contributed by atoms with E-state index >= 15 is 4.79 Å². The summed E-state index contributed by atoms with van der Waals surface area (Å²) in [5, 5.41) is 50.7. The number of carbonyl (C=O) groups is 6. The van der Waals surface area contributed by atoms with Crippen molar-refractivity contribution < 1.29 is 72.9 Å². The van der Waals surface area contributed by atoms with Crippen molar-refractivity contribution in [3.8, 4) is 5.75 Å². The summed E-state index contributed by atoms with van der Waals surface area (Å²) in [4.78, 5) is 83.8. The van der Waals surface area contributed by atoms with Crippen LogP contribution in [-0.4, -0.2) is 111 Å². The second-order valence-electron chi connectivity index (χ2n) is 17.7. The van der Waals surface area contributed by atoms with Gasteiger partial charge in [0.05, 0.1) is 35.1 Å². The number of phenolic OH excluding ortho intramolecular Hbond substituents is 1. The second-order valence-corrected chi connectivity index (χ2v) is 17.7. The quantitative estimate of drug-likeness (QED) is 0.104. The Morgan fingerprint density at radius 2 is 1.44 bits per heavy atom. The topological polar surface area (TPSA) is 242 Å². The number of aliphatic hydroxyl groups excluding tert-OH is 2. The Balaban J connectivity index is 1.56. The summed E-state index contributed by atoms with van der Waals surface area (Å²) < 4.78 is 30.1. The van der Waals surface area contributed by atoms with E-state index in [2.05, 4.69) is 5.32 Å². The molecule has 0 aromatic heterocycles. The molecule has 0 saturated heterocycles. The first kappa shape index (κ1) is 47.5. The van der Waals surface area contributed by atoms with Gasteiger partial charge in [0.1, 0.15) is 29.2 Å². The molecule has 16 nitrogen and oxygen atoms in total. The predicted molar refractivity (Wildman–Crippen MR) is 226 cm³/mol. The standard InChI is InChI=1S/C48H55NO15/c1-25-32(62-44(58)37(54)36(28-16-11-9-12-17-28)49-42(56)29-18-13-10-14-19-29)24-48(59)41(63-43(57)30-20-15-21-31(52)22-30)39-46(6,33(53)23-34(60-8)47(39,7)64-27(3)51)40(55)38(61-26(2)50)35(25)45(48,4)5/h9-22,32-34,36-39,41,52-54,59H,23-24H2,1-8H3,(H,49,56)/t32-,33-,34+,36-,37+,38+,39-,41-,46+,47-,48+/m0/s1. The molecule has 5 N–H and O–H groups in total. The van der Waals surface area contributed by atoms with Crippen molar-refractivity contribution in [1.82, 2.24) is 5.32 Å². The molecule has 2 fully saturated rings. The number of aliphatic hydroxyl groups is 3. The number of rotatable bonds is 11. The highest BCUT2D eigenvalue weighted by molar-refractivity contribution is 5.96. The maximum absolute atomic E-state index is 15.6. The maximum Gasteiger partial charge on any atom is 0.338 e. The SMILES string of the molecule is CO[C@@H]1C[C@H](O)[C@@]2(C)C(=O)[C@H](OC(C)=O)C3=C(C)[C@@H](OC(=O)[C@H](O)[C@@H](NC(=O)c4ccccc4)c4ccccc4)C[C@@](O)([C@@H](OC(=O)c4cccc(O)c4)[C@@H]2[C@@]1(C)OC(C)=O)C3(C)C. The molecular formula is C48H55NO15. The molecule has 6 rings (SSSR count). The lowest BCUT2D eigenvalue weighted by Crippen LogP contribution is -2.77. The summed E-state index contributed by atoms with van der Waals surface area (Å²) >= 11 is 0. The molecule has 2 bridgehead atoms. The van der Waals surface area contributed by atoms with Gasteiger partial charge >= 0.3 is 23.9 Å². The first-order valence-corrected chi connectivity index (χ1v) is 20.9. The number of phenols is 1. The van der Waals surface area contributed by atoms with Gasteiger partial charge < -0.3 is 49.4 Å². The Bertz CT molecular complexity index is 2330. The van der Waals surface area contributed by atoms with Crippen molar-refractivity contribution in [1.29, 1.82) is 0 Å². The number of hydrogen-bond donors (Lipinski definition) is 5. The number of ketones is 1. The molecule has 3 aromatic carbocycles. The van der Waals surface area contributed by atoms with Gasteiger partial charge in [-0.25, -0.2) is 9.59 Å². The van der Waals surface area contributed by atoms with E-state index in [9.17, 15) is 44.4 Å². The normalized spacial score (nSPS) is 30.6. The van der Waals surface area contributed by atoms with Gasteiger partial charge in [-0.05, 0) is 67.8 Å². The summed E-state index contributed by atoms with van der Waals surface area (Å²) in [7, 11) is 1.29. The van der Waals surface area contributed by atoms with Crippen LogP contribution < -0.4 is 5.32 Å². The average Bonchev–Trinajstić information content (AvgIpc) is 3.24. The number of Topliss-reactive ketones (excluding diaryl/α,β-unsaturated/α-hetero) is 1. The second kappa shape index (κ2) is 17.9. The number of methoxy groups -OCH3 is 1. The minimum atomic E-state index is -2.49. The van der Waals surface area contributed by atoms with Crippen molar-refractivity contribution in [3.63, 3.8) is 0 Å². The third-order valence-corrected chi connectivity index (χ3v) is 13.5. The third-order valence-electron chi connectivity index (χ3n) is 13.5. The number of fused-ring (bicyclic) bond motifs is 3. The molecule has 0 spiro atoms. The van der Waals surface area contributed by atoms with Crippen LogP contribution in [0.15, 0.2) is 96.1 Å². The molecular weight excluding hydrogens is 831 g/mol. The fourth-order valence-corrected chi connectivity index (χ4v) is 10.2. The van der Waals surface area contributed by atoms with E-state index in [-0.39, 0.29) is 34.4 Å². The highest BCUT2D eigenvalue weighted by Crippen LogP contribution is 2.63. The van der Waals surface area contributed by atoms with E-state index in [4.69, 9.17) is 23.7 Å². The van der Waals surface area contributed by atoms with Gasteiger partial charge in [0.25, 0.3) is 5.91 Å². The summed E-state index contributed by atoms with van der Waals surface area (Å²) in [5.74, 6) is -7.69. The van der Waals surface area contributed by atoms with Gasteiger partial charge in [-0.2, -0.15) is 0 Å². The van der Waals surface area contributed by atoms with Crippen molar-refractivity contribution in [3.05, 3.63) is 113 Å². The Kier molecular flexibility index (Phi) is 13.3. The van der Waals surface area contributed by atoms with Crippen LogP contribution in [0.5, 0.6) is 5.75 Å². The monoisotopic (exact) mass is 885 g/mol. The smallest absolute Gasteiger partial charge is 0.338 e. The van der Waals surface area contributed by atoms with E-state index in [1.54, 1.807) is 60.7 Å². The third kappa shape index (κ3) is 8.30. The van der Waals surface area contributed by atoms with Crippen molar-refractivity contribution in [2.75, 3.05) is 7.11 Å². The van der Waals surface area contributed by atoms with Gasteiger partial charge in [-0.1, -0.05) is 68.4 Å². The van der Waals surface area contributed by atoms with Crippen LogP contribution in [-0.2, 0) is 42.9 Å². The van der Waals surface area contributed by atoms with Crippen LogP contribution in [0, 0.1) is 16.7 Å². The van der Waals surface area contributed by atoms with Gasteiger partial charge in [0.2, 0.25) is 0 Å². The van der Waals surface area contributed by atoms with Crippen LogP contribution in [0.1, 0.15) is 93.6 Å². The van der Waals surface area contributed by atoms with Crippen LogP contribution in [0.3, 0.4) is 0 Å². The van der Waals surface area contributed by atoms with Crippen molar-refractivity contribution >= 4 is 35.6 Å². The largest absolute Gasteiger partial charge is 0.508 e. The Morgan fingerprint density at radius 3 is 2.02 bits per heavy atom. The molecule has 0 heterocycles.